The second-order valence-electron chi connectivity index (χ2n) is 6.17. The molecule has 26 heavy (non-hydrogen) atoms. The van der Waals surface area contributed by atoms with Gasteiger partial charge in [0, 0.05) is 30.7 Å². The van der Waals surface area contributed by atoms with Crippen molar-refractivity contribution in [2.45, 2.75) is 11.8 Å². The van der Waals surface area contributed by atoms with E-state index in [1.807, 2.05) is 6.92 Å². The van der Waals surface area contributed by atoms with Gasteiger partial charge in [0.1, 0.15) is 5.75 Å². The number of carbonyl (C=O) groups excluding carboxylic acids is 1. The molecule has 138 valence electrons. The van der Waals surface area contributed by atoms with Gasteiger partial charge in [0.05, 0.1) is 10.5 Å². The molecule has 0 spiro atoms. The Labute approximate surface area is 161 Å². The zero-order valence-corrected chi connectivity index (χ0v) is 16.6. The van der Waals surface area contributed by atoms with Crippen LogP contribution in [0.25, 0.3) is 0 Å². The van der Waals surface area contributed by atoms with Crippen molar-refractivity contribution in [3.8, 4) is 5.75 Å². The van der Waals surface area contributed by atoms with Gasteiger partial charge in [-0.15, -0.1) is 0 Å². The summed E-state index contributed by atoms with van der Waals surface area (Å²) in [5.74, 6) is -0.351. The van der Waals surface area contributed by atoms with E-state index in [0.717, 1.165) is 5.56 Å². The molecule has 2 aromatic rings. The number of carbonyl (C=O) groups is 1. The van der Waals surface area contributed by atoms with Crippen LogP contribution in [0.3, 0.4) is 0 Å². The summed E-state index contributed by atoms with van der Waals surface area (Å²) in [6, 6.07) is 11.4. The molecule has 1 saturated heterocycles. The quantitative estimate of drug-likeness (QED) is 0.798. The minimum atomic E-state index is -3.60. The number of sulfonamides is 1. The third-order valence-corrected chi connectivity index (χ3v) is 6.73. The van der Waals surface area contributed by atoms with Gasteiger partial charge in [-0.25, -0.2) is 8.42 Å². The maximum atomic E-state index is 12.7. The Morgan fingerprint density at radius 3 is 2.42 bits per heavy atom. The van der Waals surface area contributed by atoms with Crippen LogP contribution in [0.4, 0.5) is 0 Å². The number of nitrogens with zero attached hydrogens (tertiary/aromatic N) is 2. The number of aryl methyl sites for hydroxylation is 1. The van der Waals surface area contributed by atoms with Crippen molar-refractivity contribution < 1.29 is 18.3 Å². The lowest BCUT2D eigenvalue weighted by Gasteiger charge is -2.34. The number of benzene rings is 2. The predicted molar refractivity (Wildman–Crippen MR) is 102 cm³/mol. The SMILES string of the molecule is Cc1ccc(O)c(C(=O)N2CCN(S(=O)(=O)c3cccc(Br)c3)CC2)c1. The average molecular weight is 439 g/mol. The van der Waals surface area contributed by atoms with Crippen LogP contribution in [0.15, 0.2) is 51.8 Å². The zero-order chi connectivity index (χ0) is 18.9. The molecule has 1 aliphatic heterocycles. The van der Waals surface area contributed by atoms with Gasteiger partial charge in [-0.3, -0.25) is 4.79 Å². The van der Waals surface area contributed by atoms with Crippen LogP contribution in [0, 0.1) is 6.92 Å². The molecule has 0 saturated carbocycles. The molecule has 1 N–H and O–H groups in total. The van der Waals surface area contributed by atoms with E-state index in [1.165, 1.54) is 10.4 Å². The van der Waals surface area contributed by atoms with E-state index in [1.54, 1.807) is 41.3 Å². The number of hydrogen-bond donors (Lipinski definition) is 1. The van der Waals surface area contributed by atoms with E-state index >= 15 is 0 Å². The van der Waals surface area contributed by atoms with E-state index in [2.05, 4.69) is 15.9 Å². The number of phenolic OH excluding ortho intramolecular Hbond substituents is 1. The van der Waals surface area contributed by atoms with Crippen LogP contribution in [-0.2, 0) is 10.0 Å². The maximum Gasteiger partial charge on any atom is 0.257 e. The predicted octanol–water partition coefficient (Wildman–Crippen LogP) is 2.61. The standard InChI is InChI=1S/C18H19BrN2O4S/c1-13-5-6-17(22)16(11-13)18(23)20-7-9-21(10-8-20)26(24,25)15-4-2-3-14(19)12-15/h2-6,11-12,22H,7-10H2,1H3. The Bertz CT molecular complexity index is 938. The summed E-state index contributed by atoms with van der Waals surface area (Å²) < 4.78 is 27.6. The van der Waals surface area contributed by atoms with Gasteiger partial charge in [-0.2, -0.15) is 4.31 Å². The van der Waals surface area contributed by atoms with Gasteiger partial charge in [0.2, 0.25) is 10.0 Å². The molecule has 1 fully saturated rings. The van der Waals surface area contributed by atoms with Crippen molar-refractivity contribution in [2.24, 2.45) is 0 Å². The summed E-state index contributed by atoms with van der Waals surface area (Å²) in [6.07, 6.45) is 0. The normalized spacial score (nSPS) is 15.8. The van der Waals surface area contributed by atoms with Crippen LogP contribution in [-0.4, -0.2) is 54.8 Å². The Balaban J connectivity index is 1.73. The first-order valence-electron chi connectivity index (χ1n) is 8.13. The molecule has 0 unspecified atom stereocenters. The molecular formula is C18H19BrN2O4S. The lowest BCUT2D eigenvalue weighted by atomic mass is 10.1. The monoisotopic (exact) mass is 438 g/mol. The summed E-state index contributed by atoms with van der Waals surface area (Å²) >= 11 is 3.29. The fraction of sp³-hybridized carbons (Fsp3) is 0.278. The topological polar surface area (TPSA) is 77.9 Å². The average Bonchev–Trinajstić information content (AvgIpc) is 2.63. The van der Waals surface area contributed by atoms with E-state index in [-0.39, 0.29) is 48.3 Å². The smallest absolute Gasteiger partial charge is 0.257 e. The number of phenols is 1. The molecule has 0 bridgehead atoms. The zero-order valence-electron chi connectivity index (χ0n) is 14.2. The van der Waals surface area contributed by atoms with Gasteiger partial charge in [-0.1, -0.05) is 33.6 Å². The van der Waals surface area contributed by atoms with Crippen LogP contribution in [0.2, 0.25) is 0 Å². The summed E-state index contributed by atoms with van der Waals surface area (Å²) in [5, 5.41) is 9.93. The molecule has 1 amide bonds. The van der Waals surface area contributed by atoms with Crippen molar-refractivity contribution in [2.75, 3.05) is 26.2 Å². The highest BCUT2D eigenvalue weighted by Gasteiger charge is 2.31. The fourth-order valence-corrected chi connectivity index (χ4v) is 4.92. The third kappa shape index (κ3) is 3.77. The molecule has 0 aliphatic carbocycles. The van der Waals surface area contributed by atoms with Crippen LogP contribution in [0.5, 0.6) is 5.75 Å². The molecule has 8 heteroatoms. The van der Waals surface area contributed by atoms with Gasteiger partial charge in [-0.05, 0) is 37.3 Å². The fourth-order valence-electron chi connectivity index (χ4n) is 2.90. The molecule has 3 rings (SSSR count). The Hall–Kier alpha value is -1.90. The summed E-state index contributed by atoms with van der Waals surface area (Å²) in [5.41, 5.74) is 1.12. The molecule has 6 nitrogen and oxygen atoms in total. The van der Waals surface area contributed by atoms with Crippen LogP contribution >= 0.6 is 15.9 Å². The van der Waals surface area contributed by atoms with Gasteiger partial charge < -0.3 is 10.0 Å². The minimum absolute atomic E-state index is 0.0650. The number of halogens is 1. The van der Waals surface area contributed by atoms with E-state index in [0.29, 0.717) is 4.47 Å². The molecule has 0 radical (unpaired) electrons. The highest BCUT2D eigenvalue weighted by atomic mass is 79.9. The second kappa shape index (κ2) is 7.38. The molecule has 1 aliphatic rings. The van der Waals surface area contributed by atoms with Crippen molar-refractivity contribution in [3.63, 3.8) is 0 Å². The van der Waals surface area contributed by atoms with Crippen molar-refractivity contribution in [3.05, 3.63) is 58.1 Å². The van der Waals surface area contributed by atoms with Crippen LogP contribution < -0.4 is 0 Å². The maximum absolute atomic E-state index is 12.7. The molecule has 0 atom stereocenters. The lowest BCUT2D eigenvalue weighted by molar-refractivity contribution is 0.0694. The molecule has 2 aromatic carbocycles. The summed E-state index contributed by atoms with van der Waals surface area (Å²) in [6.45, 7) is 2.83. The van der Waals surface area contributed by atoms with Crippen molar-refractivity contribution >= 4 is 31.9 Å². The Morgan fingerprint density at radius 1 is 1.08 bits per heavy atom. The number of piperazine rings is 1. The lowest BCUT2D eigenvalue weighted by Crippen LogP contribution is -2.50. The minimum Gasteiger partial charge on any atom is -0.507 e. The first kappa shape index (κ1) is 18.9. The summed E-state index contributed by atoms with van der Waals surface area (Å²) in [4.78, 5) is 14.4. The molecular weight excluding hydrogens is 420 g/mol. The van der Waals surface area contributed by atoms with E-state index < -0.39 is 10.0 Å². The Kier molecular flexibility index (Phi) is 5.36. The number of rotatable bonds is 3. The highest BCUT2D eigenvalue weighted by molar-refractivity contribution is 9.10. The molecule has 0 aromatic heterocycles. The highest BCUT2D eigenvalue weighted by Crippen LogP contribution is 2.24. The number of hydrogen-bond acceptors (Lipinski definition) is 4. The largest absolute Gasteiger partial charge is 0.507 e. The number of aromatic hydroxyl groups is 1. The summed E-state index contributed by atoms with van der Waals surface area (Å²) in [7, 11) is -3.60. The Morgan fingerprint density at radius 2 is 1.77 bits per heavy atom. The van der Waals surface area contributed by atoms with E-state index in [4.69, 9.17) is 0 Å². The van der Waals surface area contributed by atoms with E-state index in [9.17, 15) is 18.3 Å². The first-order valence-corrected chi connectivity index (χ1v) is 10.4. The second-order valence-corrected chi connectivity index (χ2v) is 9.03. The van der Waals surface area contributed by atoms with Gasteiger partial charge in [0.25, 0.3) is 5.91 Å². The number of amides is 1. The van der Waals surface area contributed by atoms with Crippen molar-refractivity contribution in [1.29, 1.82) is 0 Å². The van der Waals surface area contributed by atoms with Crippen molar-refractivity contribution in [1.82, 2.24) is 9.21 Å². The van der Waals surface area contributed by atoms with Gasteiger partial charge in [0.15, 0.2) is 0 Å². The van der Waals surface area contributed by atoms with Crippen LogP contribution in [0.1, 0.15) is 15.9 Å². The molecule has 1 heterocycles. The first-order chi connectivity index (χ1) is 12.3. The third-order valence-electron chi connectivity index (χ3n) is 4.34. The van der Waals surface area contributed by atoms with Gasteiger partial charge >= 0.3 is 0 Å².